The zero-order chi connectivity index (χ0) is 12.8. The molecule has 0 radical (unpaired) electrons. The van der Waals surface area contributed by atoms with Crippen molar-refractivity contribution in [3.8, 4) is 0 Å². The number of carbonyl (C=O) groups excluding carboxylic acids is 1. The lowest BCUT2D eigenvalue weighted by atomic mass is 10.0. The van der Waals surface area contributed by atoms with E-state index in [9.17, 15) is 9.59 Å². The molecule has 0 bridgehead atoms. The van der Waals surface area contributed by atoms with Gasteiger partial charge in [-0.15, -0.1) is 0 Å². The first-order chi connectivity index (χ1) is 8.06. The molecule has 6 nitrogen and oxygen atoms in total. The molecule has 1 aromatic rings. The minimum absolute atomic E-state index is 0.0376. The smallest absolute Gasteiger partial charge is 0.354 e. The molecule has 0 fully saturated rings. The highest BCUT2D eigenvalue weighted by Gasteiger charge is 2.14. The lowest BCUT2D eigenvalue weighted by molar-refractivity contribution is 0.0689. The van der Waals surface area contributed by atoms with Crippen LogP contribution in [0.2, 0.25) is 0 Å². The number of primary amides is 1. The number of nitrogens with zero attached hydrogens (tertiary/aromatic N) is 1. The Labute approximate surface area is 98.8 Å². The molecule has 0 aliphatic heterocycles. The molecule has 0 unspecified atom stereocenters. The number of aromatic carboxylic acids is 1. The molecule has 0 atom stereocenters. The fourth-order valence-corrected chi connectivity index (χ4v) is 1.59. The number of aromatic nitrogens is 1. The van der Waals surface area contributed by atoms with E-state index in [4.69, 9.17) is 10.8 Å². The quantitative estimate of drug-likeness (QED) is 0.707. The Hall–Kier alpha value is -2.11. The molecule has 0 aliphatic carbocycles. The predicted molar refractivity (Wildman–Crippen MR) is 61.6 cm³/mol. The Bertz CT molecular complexity index is 432. The van der Waals surface area contributed by atoms with Crippen LogP contribution < -0.4 is 11.1 Å². The molecular weight excluding hydrogens is 222 g/mol. The summed E-state index contributed by atoms with van der Waals surface area (Å²) in [6.45, 7) is 2.16. The highest BCUT2D eigenvalue weighted by Crippen LogP contribution is 2.15. The van der Waals surface area contributed by atoms with Crippen molar-refractivity contribution in [2.75, 3.05) is 0 Å². The molecule has 1 aromatic heterocycles. The Balaban J connectivity index is 3.05. The summed E-state index contributed by atoms with van der Waals surface area (Å²) in [7, 11) is 0. The van der Waals surface area contributed by atoms with Gasteiger partial charge in [0.1, 0.15) is 0 Å². The van der Waals surface area contributed by atoms with Crippen LogP contribution in [-0.4, -0.2) is 22.1 Å². The maximum atomic E-state index is 11.0. The molecule has 0 saturated carbocycles. The number of pyridine rings is 1. The van der Waals surface area contributed by atoms with Crippen molar-refractivity contribution < 1.29 is 14.7 Å². The van der Waals surface area contributed by atoms with Crippen molar-refractivity contribution in [1.82, 2.24) is 10.3 Å². The van der Waals surface area contributed by atoms with Gasteiger partial charge in [-0.2, -0.15) is 0 Å². The summed E-state index contributed by atoms with van der Waals surface area (Å²) in [6, 6.07) is 1.05. The summed E-state index contributed by atoms with van der Waals surface area (Å²) in [6.07, 6.45) is 2.82. The van der Waals surface area contributed by atoms with Gasteiger partial charge < -0.3 is 16.2 Å². The van der Waals surface area contributed by atoms with E-state index in [1.54, 1.807) is 6.07 Å². The first-order valence-corrected chi connectivity index (χ1v) is 5.29. The SMILES string of the molecule is CCCc1c(CNC(N)=O)ccnc1C(=O)O. The van der Waals surface area contributed by atoms with Gasteiger partial charge in [-0.25, -0.2) is 14.6 Å². The van der Waals surface area contributed by atoms with E-state index < -0.39 is 12.0 Å². The molecule has 4 N–H and O–H groups in total. The minimum atomic E-state index is -1.06. The molecule has 0 saturated heterocycles. The number of carboxylic acid groups (broad SMARTS) is 1. The Morgan fingerprint density at radius 2 is 2.24 bits per heavy atom. The fourth-order valence-electron chi connectivity index (χ4n) is 1.59. The van der Waals surface area contributed by atoms with Crippen LogP contribution >= 0.6 is 0 Å². The topological polar surface area (TPSA) is 105 Å². The Morgan fingerprint density at radius 3 is 2.76 bits per heavy atom. The van der Waals surface area contributed by atoms with E-state index in [2.05, 4.69) is 10.3 Å². The summed E-state index contributed by atoms with van der Waals surface area (Å²) < 4.78 is 0. The van der Waals surface area contributed by atoms with Crippen LogP contribution in [0.5, 0.6) is 0 Å². The molecule has 0 aliphatic rings. The molecule has 6 heteroatoms. The number of nitrogens with one attached hydrogen (secondary N) is 1. The van der Waals surface area contributed by atoms with E-state index in [0.717, 1.165) is 12.0 Å². The van der Waals surface area contributed by atoms with Crippen molar-refractivity contribution in [3.05, 3.63) is 29.1 Å². The highest BCUT2D eigenvalue weighted by atomic mass is 16.4. The van der Waals surface area contributed by atoms with Gasteiger partial charge in [0.05, 0.1) is 0 Å². The average Bonchev–Trinajstić information content (AvgIpc) is 2.27. The van der Waals surface area contributed by atoms with Gasteiger partial charge in [-0.3, -0.25) is 0 Å². The number of amides is 2. The summed E-state index contributed by atoms with van der Waals surface area (Å²) in [5.41, 5.74) is 6.40. The zero-order valence-corrected chi connectivity index (χ0v) is 9.56. The van der Waals surface area contributed by atoms with Crippen LogP contribution in [0.4, 0.5) is 4.79 Å². The van der Waals surface area contributed by atoms with Gasteiger partial charge in [0, 0.05) is 12.7 Å². The van der Waals surface area contributed by atoms with E-state index in [1.165, 1.54) is 6.20 Å². The third-order valence-corrected chi connectivity index (χ3v) is 2.31. The van der Waals surface area contributed by atoms with Crippen molar-refractivity contribution in [1.29, 1.82) is 0 Å². The van der Waals surface area contributed by atoms with E-state index >= 15 is 0 Å². The average molecular weight is 237 g/mol. The maximum absolute atomic E-state index is 11.0. The van der Waals surface area contributed by atoms with Crippen molar-refractivity contribution >= 4 is 12.0 Å². The number of urea groups is 1. The van der Waals surface area contributed by atoms with Crippen molar-refractivity contribution in [2.45, 2.75) is 26.3 Å². The number of carbonyl (C=O) groups is 2. The molecule has 1 heterocycles. The second-order valence-corrected chi connectivity index (χ2v) is 3.57. The highest BCUT2D eigenvalue weighted by molar-refractivity contribution is 5.87. The number of hydrogen-bond acceptors (Lipinski definition) is 3. The van der Waals surface area contributed by atoms with E-state index in [-0.39, 0.29) is 12.2 Å². The second-order valence-electron chi connectivity index (χ2n) is 3.57. The number of rotatable bonds is 5. The predicted octanol–water partition coefficient (Wildman–Crippen LogP) is 0.901. The number of carboxylic acids is 1. The summed E-state index contributed by atoms with van der Waals surface area (Å²) in [5.74, 6) is -1.06. The van der Waals surface area contributed by atoms with Crippen LogP contribution in [-0.2, 0) is 13.0 Å². The summed E-state index contributed by atoms with van der Waals surface area (Å²) >= 11 is 0. The van der Waals surface area contributed by atoms with Crippen molar-refractivity contribution in [3.63, 3.8) is 0 Å². The molecular formula is C11H15N3O3. The first-order valence-electron chi connectivity index (χ1n) is 5.29. The molecule has 2 amide bonds. The third-order valence-electron chi connectivity index (χ3n) is 2.31. The van der Waals surface area contributed by atoms with Crippen LogP contribution in [0.3, 0.4) is 0 Å². The second kappa shape index (κ2) is 5.83. The zero-order valence-electron chi connectivity index (χ0n) is 9.56. The lowest BCUT2D eigenvalue weighted by Crippen LogP contribution is -2.29. The van der Waals surface area contributed by atoms with Gasteiger partial charge in [0.15, 0.2) is 5.69 Å². The molecule has 0 aromatic carbocycles. The third kappa shape index (κ3) is 3.44. The summed E-state index contributed by atoms with van der Waals surface area (Å²) in [5, 5.41) is 11.5. The van der Waals surface area contributed by atoms with Crippen LogP contribution in [0.1, 0.15) is 35.0 Å². The maximum Gasteiger partial charge on any atom is 0.354 e. The molecule has 0 spiro atoms. The monoisotopic (exact) mass is 237 g/mol. The van der Waals surface area contributed by atoms with E-state index in [0.29, 0.717) is 12.0 Å². The number of hydrogen-bond donors (Lipinski definition) is 3. The molecule has 92 valence electrons. The first kappa shape index (κ1) is 13.0. The fraction of sp³-hybridized carbons (Fsp3) is 0.364. The number of nitrogens with two attached hydrogens (primary N) is 1. The normalized spacial score (nSPS) is 9.94. The van der Waals surface area contributed by atoms with Gasteiger partial charge in [-0.05, 0) is 23.6 Å². The Kier molecular flexibility index (Phi) is 4.45. The molecule has 1 rings (SSSR count). The van der Waals surface area contributed by atoms with Gasteiger partial charge in [-0.1, -0.05) is 13.3 Å². The molecule has 17 heavy (non-hydrogen) atoms. The largest absolute Gasteiger partial charge is 0.477 e. The van der Waals surface area contributed by atoms with Gasteiger partial charge >= 0.3 is 12.0 Å². The van der Waals surface area contributed by atoms with E-state index in [1.807, 2.05) is 6.92 Å². The van der Waals surface area contributed by atoms with Gasteiger partial charge in [0.2, 0.25) is 0 Å². The Morgan fingerprint density at radius 1 is 1.53 bits per heavy atom. The van der Waals surface area contributed by atoms with Gasteiger partial charge in [0.25, 0.3) is 0 Å². The summed E-state index contributed by atoms with van der Waals surface area (Å²) in [4.78, 5) is 25.5. The van der Waals surface area contributed by atoms with Crippen LogP contribution in [0.25, 0.3) is 0 Å². The minimum Gasteiger partial charge on any atom is -0.477 e. The standard InChI is InChI=1S/C11H15N3O3/c1-2-3-8-7(6-14-11(12)17)4-5-13-9(8)10(15)16/h4-5H,2-3,6H2,1H3,(H,15,16)(H3,12,14,17). The van der Waals surface area contributed by atoms with Crippen LogP contribution in [0, 0.1) is 0 Å². The lowest BCUT2D eigenvalue weighted by Gasteiger charge is -2.11. The van der Waals surface area contributed by atoms with Crippen LogP contribution in [0.15, 0.2) is 12.3 Å². The van der Waals surface area contributed by atoms with Crippen molar-refractivity contribution in [2.24, 2.45) is 5.73 Å².